The van der Waals surface area contributed by atoms with Crippen LogP contribution in [0.4, 0.5) is 8.78 Å². The first-order valence-corrected chi connectivity index (χ1v) is 5.13. The van der Waals surface area contributed by atoms with Crippen LogP contribution in [0, 0.1) is 0 Å². The summed E-state index contributed by atoms with van der Waals surface area (Å²) >= 11 is 3.05. The second-order valence-corrected chi connectivity index (χ2v) is 3.88. The predicted molar refractivity (Wildman–Crippen MR) is 56.1 cm³/mol. The number of nitrogens with zero attached hydrogens (tertiary/aromatic N) is 1. The van der Waals surface area contributed by atoms with Gasteiger partial charge in [0.15, 0.2) is 0 Å². The topological polar surface area (TPSA) is 76.2 Å². The van der Waals surface area contributed by atoms with E-state index in [0.717, 1.165) is 6.07 Å². The van der Waals surface area contributed by atoms with Crippen molar-refractivity contribution in [3.05, 3.63) is 27.5 Å². The number of hydrogen-bond donors (Lipinski definition) is 2. The zero-order valence-corrected chi connectivity index (χ0v) is 9.67. The van der Waals surface area contributed by atoms with E-state index < -0.39 is 18.8 Å². The van der Waals surface area contributed by atoms with Gasteiger partial charge in [-0.05, 0) is 22.0 Å². The Labute approximate surface area is 98.6 Å². The van der Waals surface area contributed by atoms with Crippen molar-refractivity contribution in [2.75, 3.05) is 0 Å². The molecule has 0 fully saturated rings. The maximum absolute atomic E-state index is 12.6. The fourth-order valence-electron chi connectivity index (χ4n) is 1.20. The molecule has 0 aromatic carbocycles. The number of hydrogen-bond acceptors (Lipinski definition) is 3. The van der Waals surface area contributed by atoms with Crippen LogP contribution in [-0.4, -0.2) is 16.1 Å². The van der Waals surface area contributed by atoms with Crippen molar-refractivity contribution in [2.24, 2.45) is 5.73 Å². The lowest BCUT2D eigenvalue weighted by atomic mass is 10.1. The highest BCUT2D eigenvalue weighted by Crippen LogP contribution is 2.27. The molecule has 0 aliphatic rings. The average Bonchev–Trinajstić information content (AvgIpc) is 2.19. The molecular formula is C9H9BrF2N2O2. The molecule has 7 heteroatoms. The highest BCUT2D eigenvalue weighted by Gasteiger charge is 2.18. The van der Waals surface area contributed by atoms with E-state index in [2.05, 4.69) is 20.9 Å². The Morgan fingerprint density at radius 3 is 2.62 bits per heavy atom. The number of carbonyl (C=O) groups is 1. The summed E-state index contributed by atoms with van der Waals surface area (Å²) in [5, 5.41) is 8.58. The Balaban J connectivity index is 3.24. The number of alkyl halides is 2. The van der Waals surface area contributed by atoms with Crippen LogP contribution in [0.1, 0.15) is 23.4 Å². The van der Waals surface area contributed by atoms with Crippen molar-refractivity contribution < 1.29 is 18.7 Å². The minimum Gasteiger partial charge on any atom is -0.481 e. The first kappa shape index (κ1) is 13.0. The maximum atomic E-state index is 12.6. The van der Waals surface area contributed by atoms with Crippen LogP contribution in [0.25, 0.3) is 0 Å². The number of nitrogens with two attached hydrogens (primary N) is 1. The van der Waals surface area contributed by atoms with E-state index in [9.17, 15) is 13.6 Å². The quantitative estimate of drug-likeness (QED) is 0.889. The van der Waals surface area contributed by atoms with Gasteiger partial charge < -0.3 is 10.8 Å². The van der Waals surface area contributed by atoms with Gasteiger partial charge in [-0.25, -0.2) is 8.78 Å². The van der Waals surface area contributed by atoms with Crippen molar-refractivity contribution in [1.29, 1.82) is 0 Å². The summed E-state index contributed by atoms with van der Waals surface area (Å²) in [7, 11) is 0. The van der Waals surface area contributed by atoms with Gasteiger partial charge in [0.2, 0.25) is 0 Å². The molecule has 1 rings (SSSR count). The van der Waals surface area contributed by atoms with Gasteiger partial charge >= 0.3 is 5.97 Å². The van der Waals surface area contributed by atoms with Gasteiger partial charge in [-0.2, -0.15) is 0 Å². The average molecular weight is 295 g/mol. The molecule has 1 aromatic heterocycles. The lowest BCUT2D eigenvalue weighted by Crippen LogP contribution is -2.11. The summed E-state index contributed by atoms with van der Waals surface area (Å²) in [5.74, 6) is -1.21. The molecule has 88 valence electrons. The number of halogens is 3. The summed E-state index contributed by atoms with van der Waals surface area (Å²) in [6.07, 6.45) is -3.30. The van der Waals surface area contributed by atoms with Crippen LogP contribution in [0.2, 0.25) is 0 Å². The Morgan fingerprint density at radius 1 is 1.56 bits per heavy atom. The molecule has 0 spiro atoms. The molecule has 3 N–H and O–H groups in total. The molecule has 0 saturated heterocycles. The molecule has 0 unspecified atom stereocenters. The van der Waals surface area contributed by atoms with Gasteiger partial charge in [0.25, 0.3) is 6.43 Å². The SMILES string of the molecule is NCc1nc(CC(=O)O)c(C(F)F)cc1Br. The van der Waals surface area contributed by atoms with Gasteiger partial charge in [0.05, 0.1) is 17.8 Å². The Morgan fingerprint density at radius 2 is 2.19 bits per heavy atom. The van der Waals surface area contributed by atoms with Crippen LogP contribution >= 0.6 is 15.9 Å². The Kier molecular flexibility index (Phi) is 4.31. The van der Waals surface area contributed by atoms with Crippen LogP contribution in [0.15, 0.2) is 10.5 Å². The molecule has 4 nitrogen and oxygen atoms in total. The number of rotatable bonds is 4. The second kappa shape index (κ2) is 5.31. The Bertz CT molecular complexity index is 413. The number of carboxylic acid groups (broad SMARTS) is 1. The smallest absolute Gasteiger partial charge is 0.309 e. The summed E-state index contributed by atoms with van der Waals surface area (Å²) in [5.41, 5.74) is 5.18. The van der Waals surface area contributed by atoms with E-state index in [0.29, 0.717) is 10.2 Å². The van der Waals surface area contributed by atoms with Gasteiger partial charge in [0, 0.05) is 16.6 Å². The number of pyridine rings is 1. The summed E-state index contributed by atoms with van der Waals surface area (Å²) in [6.45, 7) is 0.0523. The largest absolute Gasteiger partial charge is 0.481 e. The third-order valence-electron chi connectivity index (χ3n) is 1.91. The van der Waals surface area contributed by atoms with Crippen molar-refractivity contribution in [3.63, 3.8) is 0 Å². The molecule has 0 atom stereocenters. The number of aromatic nitrogens is 1. The summed E-state index contributed by atoms with van der Waals surface area (Å²) in [4.78, 5) is 14.3. The highest BCUT2D eigenvalue weighted by atomic mass is 79.9. The molecule has 1 aromatic rings. The van der Waals surface area contributed by atoms with E-state index in [1.807, 2.05) is 0 Å². The summed E-state index contributed by atoms with van der Waals surface area (Å²) in [6, 6.07) is 1.16. The van der Waals surface area contributed by atoms with Crippen LogP contribution in [0.5, 0.6) is 0 Å². The van der Waals surface area contributed by atoms with Gasteiger partial charge in [-0.1, -0.05) is 0 Å². The van der Waals surface area contributed by atoms with Gasteiger partial charge in [0.1, 0.15) is 0 Å². The molecule has 0 bridgehead atoms. The fourth-order valence-corrected chi connectivity index (χ4v) is 1.70. The Hall–Kier alpha value is -1.08. The van der Waals surface area contributed by atoms with E-state index in [4.69, 9.17) is 10.8 Å². The molecule has 0 aliphatic heterocycles. The molecule has 0 saturated carbocycles. The second-order valence-electron chi connectivity index (χ2n) is 3.03. The van der Waals surface area contributed by atoms with Crippen LogP contribution < -0.4 is 5.73 Å². The zero-order chi connectivity index (χ0) is 12.3. The van der Waals surface area contributed by atoms with E-state index in [-0.39, 0.29) is 17.8 Å². The van der Waals surface area contributed by atoms with Crippen LogP contribution in [0.3, 0.4) is 0 Å². The predicted octanol–water partition coefficient (Wildman–Crippen LogP) is 1.87. The normalized spacial score (nSPS) is 10.8. The molecule has 0 aliphatic carbocycles. The van der Waals surface area contributed by atoms with E-state index >= 15 is 0 Å². The van der Waals surface area contributed by atoms with E-state index in [1.54, 1.807) is 0 Å². The molecule has 0 amide bonds. The van der Waals surface area contributed by atoms with Gasteiger partial charge in [-0.15, -0.1) is 0 Å². The first-order valence-electron chi connectivity index (χ1n) is 4.34. The molecule has 1 heterocycles. The standard InChI is InChI=1S/C9H9BrF2N2O2/c10-5-1-4(9(11)12)6(2-8(15)16)14-7(5)3-13/h1,9H,2-3,13H2,(H,15,16). The lowest BCUT2D eigenvalue weighted by molar-refractivity contribution is -0.136. The fraction of sp³-hybridized carbons (Fsp3) is 0.333. The van der Waals surface area contributed by atoms with Crippen molar-refractivity contribution >= 4 is 21.9 Å². The number of carboxylic acids is 1. The third kappa shape index (κ3) is 2.96. The molecule has 0 radical (unpaired) electrons. The lowest BCUT2D eigenvalue weighted by Gasteiger charge is -2.10. The van der Waals surface area contributed by atoms with Crippen molar-refractivity contribution in [1.82, 2.24) is 4.98 Å². The third-order valence-corrected chi connectivity index (χ3v) is 2.59. The van der Waals surface area contributed by atoms with Crippen LogP contribution in [-0.2, 0) is 17.8 Å². The zero-order valence-electron chi connectivity index (χ0n) is 8.08. The first-order chi connectivity index (χ1) is 7.45. The minimum atomic E-state index is -2.76. The highest BCUT2D eigenvalue weighted by molar-refractivity contribution is 9.10. The van der Waals surface area contributed by atoms with Crippen molar-refractivity contribution in [2.45, 2.75) is 19.4 Å². The van der Waals surface area contributed by atoms with E-state index in [1.165, 1.54) is 0 Å². The number of aliphatic carboxylic acids is 1. The maximum Gasteiger partial charge on any atom is 0.309 e. The van der Waals surface area contributed by atoms with Gasteiger partial charge in [-0.3, -0.25) is 9.78 Å². The minimum absolute atomic E-state index is 0.0523. The van der Waals surface area contributed by atoms with Crippen molar-refractivity contribution in [3.8, 4) is 0 Å². The monoisotopic (exact) mass is 294 g/mol. The summed E-state index contributed by atoms with van der Waals surface area (Å²) < 4.78 is 25.6. The molecular weight excluding hydrogens is 286 g/mol. The molecule has 16 heavy (non-hydrogen) atoms.